The fourth-order valence-corrected chi connectivity index (χ4v) is 4.20. The number of carbonyl (C=O) groups is 1. The fourth-order valence-electron chi connectivity index (χ4n) is 3.23. The monoisotopic (exact) mass is 329 g/mol. The van der Waals surface area contributed by atoms with Gasteiger partial charge < -0.3 is 14.2 Å². The van der Waals surface area contributed by atoms with E-state index >= 15 is 0 Å². The van der Waals surface area contributed by atoms with Gasteiger partial charge in [-0.15, -0.1) is 11.8 Å². The highest BCUT2D eigenvalue weighted by Gasteiger charge is 2.33. The summed E-state index contributed by atoms with van der Waals surface area (Å²) in [5.74, 6) is 1.62. The zero-order valence-electron chi connectivity index (χ0n) is 12.8. The summed E-state index contributed by atoms with van der Waals surface area (Å²) in [5, 5.41) is 0. The summed E-state index contributed by atoms with van der Waals surface area (Å²) in [6.07, 6.45) is 7.33. The lowest BCUT2D eigenvalue weighted by Crippen LogP contribution is -2.48. The van der Waals surface area contributed by atoms with Crippen LogP contribution in [0.4, 0.5) is 0 Å². The molecule has 23 heavy (non-hydrogen) atoms. The Kier molecular flexibility index (Phi) is 3.99. The third-order valence-electron chi connectivity index (χ3n) is 4.44. The van der Waals surface area contributed by atoms with Crippen molar-refractivity contribution in [1.82, 2.24) is 14.5 Å². The molecule has 1 aromatic carbocycles. The second-order valence-corrected chi connectivity index (χ2v) is 7.02. The van der Waals surface area contributed by atoms with Crippen molar-refractivity contribution in [2.45, 2.75) is 29.9 Å². The van der Waals surface area contributed by atoms with Crippen molar-refractivity contribution in [3.8, 4) is 5.75 Å². The summed E-state index contributed by atoms with van der Waals surface area (Å²) in [5.41, 5.74) is 0. The molecule has 6 heteroatoms. The van der Waals surface area contributed by atoms with Gasteiger partial charge in [-0.05, 0) is 25.0 Å². The number of hydrogen-bond donors (Lipinski definition) is 0. The Balaban J connectivity index is 1.45. The number of carbonyl (C=O) groups excluding carboxylic acids is 1. The molecule has 1 fully saturated rings. The summed E-state index contributed by atoms with van der Waals surface area (Å²) >= 11 is 1.70. The quantitative estimate of drug-likeness (QED) is 0.850. The number of nitrogens with zero attached hydrogens (tertiary/aromatic N) is 3. The van der Waals surface area contributed by atoms with Crippen LogP contribution in [0.15, 0.2) is 47.9 Å². The smallest absolute Gasteiger partial charge is 0.264 e. The molecule has 2 atom stereocenters. The highest BCUT2D eigenvalue weighted by Crippen LogP contribution is 2.35. The van der Waals surface area contributed by atoms with Gasteiger partial charge in [0, 0.05) is 36.1 Å². The summed E-state index contributed by atoms with van der Waals surface area (Å²) < 4.78 is 8.04. The third-order valence-corrected chi connectivity index (χ3v) is 5.56. The van der Waals surface area contributed by atoms with Crippen molar-refractivity contribution in [1.29, 1.82) is 0 Å². The number of piperidine rings is 1. The Morgan fingerprint density at radius 2 is 2.26 bits per heavy atom. The van der Waals surface area contributed by atoms with E-state index in [0.29, 0.717) is 11.8 Å². The van der Waals surface area contributed by atoms with E-state index in [1.165, 1.54) is 0 Å². The lowest BCUT2D eigenvalue weighted by Gasteiger charge is -2.36. The largest absolute Gasteiger partial charge is 0.479 e. The number of fused-ring (bicyclic) bond motifs is 1. The van der Waals surface area contributed by atoms with E-state index < -0.39 is 0 Å². The van der Waals surface area contributed by atoms with Gasteiger partial charge in [-0.3, -0.25) is 4.79 Å². The molecule has 4 rings (SSSR count). The van der Waals surface area contributed by atoms with Crippen LogP contribution in [0.25, 0.3) is 0 Å². The lowest BCUT2D eigenvalue weighted by atomic mass is 10.0. The molecule has 3 heterocycles. The zero-order chi connectivity index (χ0) is 15.6. The van der Waals surface area contributed by atoms with Gasteiger partial charge in [-0.2, -0.15) is 0 Å². The van der Waals surface area contributed by atoms with E-state index in [1.807, 2.05) is 41.7 Å². The molecule has 2 aliphatic heterocycles. The number of rotatable bonds is 2. The molecule has 0 unspecified atom stereocenters. The molecule has 2 aliphatic rings. The Morgan fingerprint density at radius 3 is 3.13 bits per heavy atom. The highest BCUT2D eigenvalue weighted by atomic mass is 32.2. The SMILES string of the molecule is O=C([C@@H]1CSc2ccccc2O1)N1CCC[C@@H](n2ccnc2)C1. The first kappa shape index (κ1) is 14.6. The number of para-hydroxylation sites is 1. The van der Waals surface area contributed by atoms with Gasteiger partial charge in [-0.25, -0.2) is 4.98 Å². The Bertz CT molecular complexity index is 689. The highest BCUT2D eigenvalue weighted by molar-refractivity contribution is 7.99. The van der Waals surface area contributed by atoms with Crippen molar-refractivity contribution in [3.05, 3.63) is 43.0 Å². The average Bonchev–Trinajstić information content (AvgIpc) is 3.15. The molecule has 2 aromatic rings. The van der Waals surface area contributed by atoms with E-state index in [2.05, 4.69) is 9.55 Å². The minimum atomic E-state index is -0.378. The van der Waals surface area contributed by atoms with Crippen molar-refractivity contribution < 1.29 is 9.53 Å². The first-order valence-electron chi connectivity index (χ1n) is 7.96. The predicted octanol–water partition coefficient (Wildman–Crippen LogP) is 2.60. The molecule has 0 N–H and O–H groups in total. The number of thioether (sulfide) groups is 1. The van der Waals surface area contributed by atoms with E-state index in [1.54, 1.807) is 18.0 Å². The Labute approximate surface area is 139 Å². The second-order valence-electron chi connectivity index (χ2n) is 5.95. The van der Waals surface area contributed by atoms with Crippen LogP contribution in [-0.4, -0.2) is 45.3 Å². The van der Waals surface area contributed by atoms with Crippen LogP contribution >= 0.6 is 11.8 Å². The Morgan fingerprint density at radius 1 is 1.35 bits per heavy atom. The van der Waals surface area contributed by atoms with Gasteiger partial charge in [0.05, 0.1) is 12.4 Å². The summed E-state index contributed by atoms with van der Waals surface area (Å²) in [6.45, 7) is 1.55. The molecule has 1 amide bonds. The van der Waals surface area contributed by atoms with Gasteiger partial charge in [-0.1, -0.05) is 12.1 Å². The van der Waals surface area contributed by atoms with Crippen LogP contribution in [0.5, 0.6) is 5.75 Å². The first-order chi connectivity index (χ1) is 11.3. The molecular weight excluding hydrogens is 310 g/mol. The molecule has 0 radical (unpaired) electrons. The van der Waals surface area contributed by atoms with Crippen LogP contribution in [0.3, 0.4) is 0 Å². The predicted molar refractivity (Wildman–Crippen MR) is 88.7 cm³/mol. The number of hydrogen-bond acceptors (Lipinski definition) is 4. The summed E-state index contributed by atoms with van der Waals surface area (Å²) in [6, 6.07) is 8.24. The molecule has 0 spiro atoms. The fraction of sp³-hybridized carbons (Fsp3) is 0.412. The van der Waals surface area contributed by atoms with Gasteiger partial charge >= 0.3 is 0 Å². The van der Waals surface area contributed by atoms with Crippen LogP contribution in [-0.2, 0) is 4.79 Å². The maximum absolute atomic E-state index is 12.8. The van der Waals surface area contributed by atoms with Crippen LogP contribution in [0.2, 0.25) is 0 Å². The zero-order valence-corrected chi connectivity index (χ0v) is 13.6. The molecule has 1 saturated heterocycles. The van der Waals surface area contributed by atoms with Crippen molar-refractivity contribution in [2.75, 3.05) is 18.8 Å². The number of imidazole rings is 1. The van der Waals surface area contributed by atoms with Gasteiger partial charge in [0.25, 0.3) is 5.91 Å². The topological polar surface area (TPSA) is 47.4 Å². The molecule has 120 valence electrons. The van der Waals surface area contributed by atoms with Gasteiger partial charge in [0.15, 0.2) is 6.10 Å². The molecule has 1 aromatic heterocycles. The number of amides is 1. The molecular formula is C17H19N3O2S. The van der Waals surface area contributed by atoms with Gasteiger partial charge in [0.1, 0.15) is 5.75 Å². The minimum absolute atomic E-state index is 0.108. The standard InChI is InChI=1S/C17H19N3O2S/c21-17(15-11-23-16-6-2-1-5-14(16)22-15)19-8-3-4-13(10-19)20-9-7-18-12-20/h1-2,5-7,9,12-13,15H,3-4,8,10-11H2/t13-,15+/m1/s1. The maximum atomic E-state index is 12.8. The number of benzene rings is 1. The average molecular weight is 329 g/mol. The number of likely N-dealkylation sites (tertiary alicyclic amines) is 1. The minimum Gasteiger partial charge on any atom is -0.479 e. The van der Waals surface area contributed by atoms with E-state index in [0.717, 1.165) is 36.6 Å². The van der Waals surface area contributed by atoms with Crippen LogP contribution < -0.4 is 4.74 Å². The third kappa shape index (κ3) is 2.95. The maximum Gasteiger partial charge on any atom is 0.264 e. The second kappa shape index (κ2) is 6.28. The number of aromatic nitrogens is 2. The molecule has 0 bridgehead atoms. The van der Waals surface area contributed by atoms with Gasteiger partial charge in [0.2, 0.25) is 0 Å². The van der Waals surface area contributed by atoms with E-state index in [-0.39, 0.29) is 12.0 Å². The molecule has 5 nitrogen and oxygen atoms in total. The van der Waals surface area contributed by atoms with Crippen molar-refractivity contribution in [2.24, 2.45) is 0 Å². The van der Waals surface area contributed by atoms with Crippen LogP contribution in [0, 0.1) is 0 Å². The lowest BCUT2D eigenvalue weighted by molar-refractivity contribution is -0.139. The molecule has 0 saturated carbocycles. The summed E-state index contributed by atoms with van der Waals surface area (Å²) in [4.78, 5) is 20.0. The summed E-state index contributed by atoms with van der Waals surface area (Å²) in [7, 11) is 0. The number of ether oxygens (including phenoxy) is 1. The van der Waals surface area contributed by atoms with Crippen molar-refractivity contribution >= 4 is 17.7 Å². The van der Waals surface area contributed by atoms with E-state index in [9.17, 15) is 4.79 Å². The van der Waals surface area contributed by atoms with E-state index in [4.69, 9.17) is 4.74 Å². The van der Waals surface area contributed by atoms with Crippen LogP contribution in [0.1, 0.15) is 18.9 Å². The normalized spacial score (nSPS) is 23.9. The Hall–Kier alpha value is -1.95. The molecule has 0 aliphatic carbocycles. The van der Waals surface area contributed by atoms with Crippen molar-refractivity contribution in [3.63, 3.8) is 0 Å². The first-order valence-corrected chi connectivity index (χ1v) is 8.94.